The Balaban J connectivity index is 1.67. The standard InChI is InChI=1S/C19H25N3O2S/c1-21(2)15-16-3-5-19(6-4-16)25(23,24)22-13-9-18(10-14-22)17-7-11-20-12-8-17/h3-8,11-12,18H,9-10,13-15H2,1-2H3. The monoisotopic (exact) mass is 359 g/mol. The van der Waals surface area contributed by atoms with Crippen LogP contribution >= 0.6 is 0 Å². The molecule has 0 saturated carbocycles. The highest BCUT2D eigenvalue weighted by molar-refractivity contribution is 7.89. The largest absolute Gasteiger partial charge is 0.305 e. The molecular formula is C19H25N3O2S. The Kier molecular flexibility index (Phi) is 5.51. The molecule has 2 heterocycles. The molecule has 0 unspecified atom stereocenters. The van der Waals surface area contributed by atoms with Crippen LogP contribution in [-0.4, -0.2) is 49.8 Å². The highest BCUT2D eigenvalue weighted by Gasteiger charge is 2.29. The lowest BCUT2D eigenvalue weighted by molar-refractivity contribution is 0.319. The maximum absolute atomic E-state index is 12.9. The van der Waals surface area contributed by atoms with E-state index in [1.165, 1.54) is 5.56 Å². The van der Waals surface area contributed by atoms with Gasteiger partial charge in [-0.25, -0.2) is 8.42 Å². The van der Waals surface area contributed by atoms with Gasteiger partial charge in [-0.05, 0) is 68.2 Å². The van der Waals surface area contributed by atoms with Gasteiger partial charge < -0.3 is 4.90 Å². The van der Waals surface area contributed by atoms with Gasteiger partial charge in [0, 0.05) is 32.0 Å². The van der Waals surface area contributed by atoms with E-state index in [2.05, 4.69) is 9.88 Å². The summed E-state index contributed by atoms with van der Waals surface area (Å²) in [7, 11) is 0.590. The van der Waals surface area contributed by atoms with E-state index in [9.17, 15) is 8.42 Å². The Bertz CT molecular complexity index is 781. The first-order valence-corrected chi connectivity index (χ1v) is 10.0. The fourth-order valence-corrected chi connectivity index (χ4v) is 4.82. The van der Waals surface area contributed by atoms with Gasteiger partial charge in [-0.2, -0.15) is 4.31 Å². The van der Waals surface area contributed by atoms with Gasteiger partial charge in [-0.3, -0.25) is 4.98 Å². The molecule has 1 saturated heterocycles. The molecule has 134 valence electrons. The molecule has 1 fully saturated rings. The quantitative estimate of drug-likeness (QED) is 0.824. The first-order valence-electron chi connectivity index (χ1n) is 8.60. The number of piperidine rings is 1. The molecule has 1 aromatic carbocycles. The molecule has 0 radical (unpaired) electrons. The van der Waals surface area contributed by atoms with Crippen LogP contribution in [0.5, 0.6) is 0 Å². The lowest BCUT2D eigenvalue weighted by Gasteiger charge is -2.31. The summed E-state index contributed by atoms with van der Waals surface area (Å²) in [6.45, 7) is 1.93. The minimum Gasteiger partial charge on any atom is -0.305 e. The van der Waals surface area contributed by atoms with Crippen molar-refractivity contribution in [3.8, 4) is 0 Å². The third-order valence-electron chi connectivity index (χ3n) is 4.69. The van der Waals surface area contributed by atoms with Crippen LogP contribution < -0.4 is 0 Å². The van der Waals surface area contributed by atoms with Crippen molar-refractivity contribution < 1.29 is 8.42 Å². The van der Waals surface area contributed by atoms with Gasteiger partial charge in [0.15, 0.2) is 0 Å². The molecular weight excluding hydrogens is 334 g/mol. The van der Waals surface area contributed by atoms with Gasteiger partial charge in [-0.1, -0.05) is 12.1 Å². The van der Waals surface area contributed by atoms with Crippen LogP contribution in [0, 0.1) is 0 Å². The predicted molar refractivity (Wildman–Crippen MR) is 98.8 cm³/mol. The van der Waals surface area contributed by atoms with Crippen molar-refractivity contribution in [2.45, 2.75) is 30.2 Å². The topological polar surface area (TPSA) is 53.5 Å². The molecule has 0 atom stereocenters. The zero-order valence-electron chi connectivity index (χ0n) is 14.8. The van der Waals surface area contributed by atoms with Crippen molar-refractivity contribution >= 4 is 10.0 Å². The zero-order valence-corrected chi connectivity index (χ0v) is 15.6. The molecule has 1 aromatic heterocycles. The third kappa shape index (κ3) is 4.26. The molecule has 3 rings (SSSR count). The Labute approximate surface area is 150 Å². The van der Waals surface area contributed by atoms with E-state index in [0.29, 0.717) is 23.9 Å². The average Bonchev–Trinajstić information content (AvgIpc) is 2.62. The van der Waals surface area contributed by atoms with Crippen molar-refractivity contribution in [1.29, 1.82) is 0 Å². The number of nitrogens with zero attached hydrogens (tertiary/aromatic N) is 3. The van der Waals surface area contributed by atoms with Crippen molar-refractivity contribution in [1.82, 2.24) is 14.2 Å². The summed E-state index contributed by atoms with van der Waals surface area (Å²) in [6.07, 6.45) is 5.30. The summed E-state index contributed by atoms with van der Waals surface area (Å²) >= 11 is 0. The second kappa shape index (κ2) is 7.64. The van der Waals surface area contributed by atoms with Crippen LogP contribution in [0.2, 0.25) is 0 Å². The fraction of sp³-hybridized carbons (Fsp3) is 0.421. The number of sulfonamides is 1. The normalized spacial score (nSPS) is 17.1. The van der Waals surface area contributed by atoms with E-state index in [1.807, 2.05) is 38.4 Å². The molecule has 0 aliphatic carbocycles. The van der Waals surface area contributed by atoms with Crippen LogP contribution in [0.3, 0.4) is 0 Å². The molecule has 0 N–H and O–H groups in total. The van der Waals surface area contributed by atoms with Crippen LogP contribution in [-0.2, 0) is 16.6 Å². The summed E-state index contributed by atoms with van der Waals surface area (Å²) in [6, 6.07) is 11.3. The Hall–Kier alpha value is -1.76. The predicted octanol–water partition coefficient (Wildman–Crippen LogP) is 2.71. The summed E-state index contributed by atoms with van der Waals surface area (Å²) in [5, 5.41) is 0. The van der Waals surface area contributed by atoms with E-state index in [-0.39, 0.29) is 0 Å². The first-order chi connectivity index (χ1) is 12.0. The van der Waals surface area contributed by atoms with Crippen LogP contribution in [0.25, 0.3) is 0 Å². The van der Waals surface area contributed by atoms with Crippen molar-refractivity contribution in [3.05, 3.63) is 59.9 Å². The molecule has 5 nitrogen and oxygen atoms in total. The minimum atomic E-state index is -3.41. The van der Waals surface area contributed by atoms with Crippen molar-refractivity contribution in [3.63, 3.8) is 0 Å². The average molecular weight is 359 g/mol. The second-order valence-electron chi connectivity index (χ2n) is 6.84. The van der Waals surface area contributed by atoms with Gasteiger partial charge in [0.2, 0.25) is 10.0 Å². The minimum absolute atomic E-state index is 0.386. The number of aromatic nitrogens is 1. The van der Waals surface area contributed by atoms with Crippen LogP contribution in [0.1, 0.15) is 29.9 Å². The van der Waals surface area contributed by atoms with Gasteiger partial charge in [-0.15, -0.1) is 0 Å². The van der Waals surface area contributed by atoms with E-state index in [0.717, 1.165) is 24.9 Å². The number of benzene rings is 1. The maximum atomic E-state index is 12.9. The third-order valence-corrected chi connectivity index (χ3v) is 6.60. The number of rotatable bonds is 5. The zero-order chi connectivity index (χ0) is 17.9. The van der Waals surface area contributed by atoms with Crippen LogP contribution in [0.4, 0.5) is 0 Å². The first kappa shape index (κ1) is 18.0. The SMILES string of the molecule is CN(C)Cc1ccc(S(=O)(=O)N2CCC(c3ccncc3)CC2)cc1. The second-order valence-corrected chi connectivity index (χ2v) is 8.78. The van der Waals surface area contributed by atoms with Gasteiger partial charge in [0.1, 0.15) is 0 Å². The Morgan fingerprint density at radius 2 is 1.64 bits per heavy atom. The van der Waals surface area contributed by atoms with Gasteiger partial charge >= 0.3 is 0 Å². The van der Waals surface area contributed by atoms with Crippen LogP contribution in [0.15, 0.2) is 53.7 Å². The Morgan fingerprint density at radius 1 is 1.04 bits per heavy atom. The highest BCUT2D eigenvalue weighted by atomic mass is 32.2. The molecule has 0 spiro atoms. The van der Waals surface area contributed by atoms with Gasteiger partial charge in [0.05, 0.1) is 4.90 Å². The maximum Gasteiger partial charge on any atom is 0.243 e. The highest BCUT2D eigenvalue weighted by Crippen LogP contribution is 2.30. The molecule has 1 aliphatic rings. The van der Waals surface area contributed by atoms with E-state index >= 15 is 0 Å². The molecule has 2 aromatic rings. The van der Waals surface area contributed by atoms with Crippen molar-refractivity contribution in [2.75, 3.05) is 27.2 Å². The van der Waals surface area contributed by atoms with E-state index in [4.69, 9.17) is 0 Å². The molecule has 25 heavy (non-hydrogen) atoms. The summed E-state index contributed by atoms with van der Waals surface area (Å²) in [4.78, 5) is 6.50. The molecule has 6 heteroatoms. The molecule has 0 amide bonds. The number of hydrogen-bond donors (Lipinski definition) is 0. The summed E-state index contributed by atoms with van der Waals surface area (Å²) < 4.78 is 27.4. The lowest BCUT2D eigenvalue weighted by atomic mass is 9.91. The lowest BCUT2D eigenvalue weighted by Crippen LogP contribution is -2.37. The van der Waals surface area contributed by atoms with E-state index in [1.54, 1.807) is 28.8 Å². The van der Waals surface area contributed by atoms with Gasteiger partial charge in [0.25, 0.3) is 0 Å². The van der Waals surface area contributed by atoms with E-state index < -0.39 is 10.0 Å². The smallest absolute Gasteiger partial charge is 0.243 e. The van der Waals surface area contributed by atoms with Crippen molar-refractivity contribution in [2.24, 2.45) is 0 Å². The molecule has 0 bridgehead atoms. The summed E-state index contributed by atoms with van der Waals surface area (Å²) in [5.41, 5.74) is 2.36. The number of pyridine rings is 1. The number of hydrogen-bond acceptors (Lipinski definition) is 4. The Morgan fingerprint density at radius 3 is 2.20 bits per heavy atom. The fourth-order valence-electron chi connectivity index (χ4n) is 3.35. The molecule has 1 aliphatic heterocycles. The summed E-state index contributed by atoms with van der Waals surface area (Å²) in [5.74, 6) is 0.414.